The molecule has 20 heavy (non-hydrogen) atoms. The SMILES string of the molecule is COC(=O)CN(C(=O)c1c(F)cc(F)cc1F)C(C)C. The van der Waals surface area contributed by atoms with E-state index < -0.39 is 47.5 Å². The molecule has 0 aliphatic heterocycles. The summed E-state index contributed by atoms with van der Waals surface area (Å²) < 4.78 is 44.4. The topological polar surface area (TPSA) is 46.6 Å². The third-order valence-electron chi connectivity index (χ3n) is 2.63. The fourth-order valence-corrected chi connectivity index (χ4v) is 1.58. The number of hydrogen-bond acceptors (Lipinski definition) is 3. The van der Waals surface area contributed by atoms with Gasteiger partial charge in [-0.05, 0) is 13.8 Å². The number of halogens is 3. The van der Waals surface area contributed by atoms with Gasteiger partial charge in [-0.15, -0.1) is 0 Å². The second-order valence-electron chi connectivity index (χ2n) is 4.35. The van der Waals surface area contributed by atoms with Crippen LogP contribution >= 0.6 is 0 Å². The molecule has 0 heterocycles. The highest BCUT2D eigenvalue weighted by Crippen LogP contribution is 2.18. The van der Waals surface area contributed by atoms with Gasteiger partial charge in [-0.1, -0.05) is 0 Å². The van der Waals surface area contributed by atoms with Gasteiger partial charge in [-0.2, -0.15) is 0 Å². The van der Waals surface area contributed by atoms with Gasteiger partial charge in [0.15, 0.2) is 0 Å². The second kappa shape index (κ2) is 6.40. The molecule has 0 aromatic heterocycles. The summed E-state index contributed by atoms with van der Waals surface area (Å²) in [5.74, 6) is -5.53. The Morgan fingerprint density at radius 2 is 1.70 bits per heavy atom. The summed E-state index contributed by atoms with van der Waals surface area (Å²) in [7, 11) is 1.13. The molecule has 1 aromatic rings. The minimum Gasteiger partial charge on any atom is -0.468 e. The molecule has 0 spiro atoms. The lowest BCUT2D eigenvalue weighted by atomic mass is 10.1. The molecule has 0 radical (unpaired) electrons. The molecular weight excluding hydrogens is 275 g/mol. The normalized spacial score (nSPS) is 10.6. The van der Waals surface area contributed by atoms with Crippen LogP contribution in [-0.4, -0.2) is 36.5 Å². The number of amides is 1. The van der Waals surface area contributed by atoms with Crippen molar-refractivity contribution >= 4 is 11.9 Å². The molecule has 4 nitrogen and oxygen atoms in total. The van der Waals surface area contributed by atoms with Crippen LogP contribution in [0, 0.1) is 17.5 Å². The van der Waals surface area contributed by atoms with Gasteiger partial charge in [-0.25, -0.2) is 13.2 Å². The van der Waals surface area contributed by atoms with Gasteiger partial charge in [0.1, 0.15) is 29.6 Å². The van der Waals surface area contributed by atoms with Crippen molar-refractivity contribution in [1.29, 1.82) is 0 Å². The Labute approximate surface area is 114 Å². The van der Waals surface area contributed by atoms with E-state index in [1.807, 2.05) is 0 Å². The highest BCUT2D eigenvalue weighted by atomic mass is 19.1. The van der Waals surface area contributed by atoms with Gasteiger partial charge in [0, 0.05) is 18.2 Å². The van der Waals surface area contributed by atoms with Crippen LogP contribution in [0.3, 0.4) is 0 Å². The summed E-state index contributed by atoms with van der Waals surface area (Å²) in [6.07, 6.45) is 0. The van der Waals surface area contributed by atoms with E-state index in [9.17, 15) is 22.8 Å². The van der Waals surface area contributed by atoms with Crippen molar-refractivity contribution in [2.75, 3.05) is 13.7 Å². The number of hydrogen-bond donors (Lipinski definition) is 0. The lowest BCUT2D eigenvalue weighted by molar-refractivity contribution is -0.141. The molecule has 0 atom stereocenters. The Morgan fingerprint density at radius 3 is 2.10 bits per heavy atom. The molecule has 0 bridgehead atoms. The standard InChI is InChI=1S/C13H14F3NO3/c1-7(2)17(6-11(18)20-3)13(19)12-9(15)4-8(14)5-10(12)16/h4-5,7H,6H2,1-3H3. The first-order chi connectivity index (χ1) is 9.27. The van der Waals surface area contributed by atoms with Crippen LogP contribution in [0.2, 0.25) is 0 Å². The first-order valence-electron chi connectivity index (χ1n) is 5.80. The average Bonchev–Trinajstić information content (AvgIpc) is 2.33. The van der Waals surface area contributed by atoms with Gasteiger partial charge >= 0.3 is 5.97 Å². The van der Waals surface area contributed by atoms with Crippen LogP contribution in [0.1, 0.15) is 24.2 Å². The Hall–Kier alpha value is -2.05. The van der Waals surface area contributed by atoms with Gasteiger partial charge in [0.2, 0.25) is 0 Å². The summed E-state index contributed by atoms with van der Waals surface area (Å²) in [5.41, 5.74) is -0.899. The monoisotopic (exact) mass is 289 g/mol. The lowest BCUT2D eigenvalue weighted by Crippen LogP contribution is -2.41. The van der Waals surface area contributed by atoms with E-state index >= 15 is 0 Å². The van der Waals surface area contributed by atoms with E-state index in [1.165, 1.54) is 0 Å². The second-order valence-corrected chi connectivity index (χ2v) is 4.35. The molecular formula is C13H14F3NO3. The zero-order valence-corrected chi connectivity index (χ0v) is 11.2. The summed E-state index contributed by atoms with van der Waals surface area (Å²) in [4.78, 5) is 24.3. The van der Waals surface area contributed by atoms with E-state index in [-0.39, 0.29) is 0 Å². The van der Waals surface area contributed by atoms with Crippen molar-refractivity contribution in [3.63, 3.8) is 0 Å². The highest BCUT2D eigenvalue weighted by Gasteiger charge is 2.27. The van der Waals surface area contributed by atoms with Crippen LogP contribution in [0.15, 0.2) is 12.1 Å². The molecule has 0 fully saturated rings. The first kappa shape index (κ1) is 16.0. The number of benzene rings is 1. The van der Waals surface area contributed by atoms with Crippen LogP contribution in [0.4, 0.5) is 13.2 Å². The molecule has 1 amide bonds. The van der Waals surface area contributed by atoms with E-state index in [0.29, 0.717) is 12.1 Å². The maximum atomic E-state index is 13.6. The number of rotatable bonds is 4. The van der Waals surface area contributed by atoms with Crippen molar-refractivity contribution in [2.24, 2.45) is 0 Å². The van der Waals surface area contributed by atoms with Crippen LogP contribution < -0.4 is 0 Å². The largest absolute Gasteiger partial charge is 0.468 e. The smallest absolute Gasteiger partial charge is 0.325 e. The van der Waals surface area contributed by atoms with Gasteiger partial charge in [0.05, 0.1) is 7.11 Å². The quantitative estimate of drug-likeness (QED) is 0.798. The predicted molar refractivity (Wildman–Crippen MR) is 64.5 cm³/mol. The Kier molecular flexibility index (Phi) is 5.12. The summed E-state index contributed by atoms with van der Waals surface area (Å²) in [6, 6.07) is 0.324. The van der Waals surface area contributed by atoms with Gasteiger partial charge < -0.3 is 9.64 Å². The number of nitrogens with zero attached hydrogens (tertiary/aromatic N) is 1. The molecule has 0 aliphatic rings. The number of carbonyl (C=O) groups is 2. The van der Waals surface area contributed by atoms with E-state index in [4.69, 9.17) is 0 Å². The average molecular weight is 289 g/mol. The van der Waals surface area contributed by atoms with Crippen molar-refractivity contribution in [1.82, 2.24) is 4.90 Å². The summed E-state index contributed by atoms with van der Waals surface area (Å²) in [6.45, 7) is 2.68. The third kappa shape index (κ3) is 3.49. The molecule has 110 valence electrons. The molecule has 0 N–H and O–H groups in total. The molecule has 0 unspecified atom stereocenters. The number of carbonyl (C=O) groups excluding carboxylic acids is 2. The van der Waals surface area contributed by atoms with Crippen molar-refractivity contribution in [3.8, 4) is 0 Å². The molecule has 0 saturated heterocycles. The zero-order chi connectivity index (χ0) is 15.4. The fourth-order valence-electron chi connectivity index (χ4n) is 1.58. The maximum absolute atomic E-state index is 13.6. The molecule has 0 aliphatic carbocycles. The maximum Gasteiger partial charge on any atom is 0.325 e. The predicted octanol–water partition coefficient (Wildman–Crippen LogP) is 2.13. The van der Waals surface area contributed by atoms with Crippen LogP contribution in [0.5, 0.6) is 0 Å². The van der Waals surface area contributed by atoms with E-state index in [1.54, 1.807) is 13.8 Å². The van der Waals surface area contributed by atoms with Crippen molar-refractivity contribution < 1.29 is 27.5 Å². The number of methoxy groups -OCH3 is 1. The Morgan fingerprint density at radius 1 is 1.20 bits per heavy atom. The zero-order valence-electron chi connectivity index (χ0n) is 11.2. The van der Waals surface area contributed by atoms with Crippen LogP contribution in [0.25, 0.3) is 0 Å². The minimum atomic E-state index is -1.32. The third-order valence-corrected chi connectivity index (χ3v) is 2.63. The molecule has 0 saturated carbocycles. The van der Waals surface area contributed by atoms with Gasteiger partial charge in [-0.3, -0.25) is 9.59 Å². The molecule has 1 rings (SSSR count). The van der Waals surface area contributed by atoms with Crippen molar-refractivity contribution in [3.05, 3.63) is 35.1 Å². The van der Waals surface area contributed by atoms with Gasteiger partial charge in [0.25, 0.3) is 5.91 Å². The highest BCUT2D eigenvalue weighted by molar-refractivity contribution is 5.96. The van der Waals surface area contributed by atoms with E-state index in [2.05, 4.69) is 4.74 Å². The minimum absolute atomic E-state index is 0.410. The number of ether oxygens (including phenoxy) is 1. The molecule has 1 aromatic carbocycles. The summed E-state index contributed by atoms with van der Waals surface area (Å²) >= 11 is 0. The summed E-state index contributed by atoms with van der Waals surface area (Å²) in [5, 5.41) is 0. The fraction of sp³-hybridized carbons (Fsp3) is 0.385. The van der Waals surface area contributed by atoms with Crippen LogP contribution in [-0.2, 0) is 9.53 Å². The first-order valence-corrected chi connectivity index (χ1v) is 5.80. The Bertz CT molecular complexity index is 509. The molecule has 7 heteroatoms. The van der Waals surface area contributed by atoms with E-state index in [0.717, 1.165) is 12.0 Å². The Balaban J connectivity index is 3.16. The number of esters is 1. The lowest BCUT2D eigenvalue weighted by Gasteiger charge is -2.25. The van der Waals surface area contributed by atoms with Crippen molar-refractivity contribution in [2.45, 2.75) is 19.9 Å².